The lowest BCUT2D eigenvalue weighted by Crippen LogP contribution is -2.41. The lowest BCUT2D eigenvalue weighted by atomic mass is 9.67. The summed E-state index contributed by atoms with van der Waals surface area (Å²) in [5.74, 6) is -1.79. The second-order valence-electron chi connectivity index (χ2n) is 6.55. The molecule has 1 aliphatic rings. The second-order valence-corrected chi connectivity index (χ2v) is 6.55. The fraction of sp³-hybridized carbons (Fsp3) is 0.600. The van der Waals surface area contributed by atoms with Crippen LogP contribution in [-0.2, 0) is 9.31 Å². The molecule has 1 heterocycles. The first-order chi connectivity index (χ1) is 9.44. The topological polar surface area (TPSA) is 18.5 Å². The molecule has 1 fully saturated rings. The van der Waals surface area contributed by atoms with Crippen molar-refractivity contribution >= 4 is 7.12 Å². The number of hydrogen-bond donors (Lipinski definition) is 0. The van der Waals surface area contributed by atoms with Gasteiger partial charge in [0, 0.05) is 0 Å². The molecule has 0 bridgehead atoms. The molecular formula is C15H20BF3O2. The molecule has 21 heavy (non-hydrogen) atoms. The molecule has 2 nitrogen and oxygen atoms in total. The molecule has 1 atom stereocenters. The number of hydrogen-bond acceptors (Lipinski definition) is 2. The average Bonchev–Trinajstić information content (AvgIpc) is 2.49. The summed E-state index contributed by atoms with van der Waals surface area (Å²) < 4.78 is 51.7. The number of aryl methyl sites for hydroxylation is 1. The standard InChI is InChI=1S/C15H20BF3O2/c1-10-6-8-11(9-7-10)12(15(17,18)19)16-20-13(2,3)14(4,5)21-16/h6-9,12H,1-5H3. The van der Waals surface area contributed by atoms with E-state index >= 15 is 0 Å². The van der Waals surface area contributed by atoms with Crippen molar-refractivity contribution in [1.29, 1.82) is 0 Å². The first-order valence-electron chi connectivity index (χ1n) is 6.93. The molecule has 2 rings (SSSR count). The van der Waals surface area contributed by atoms with Crippen LogP contribution in [0.25, 0.3) is 0 Å². The van der Waals surface area contributed by atoms with Crippen molar-refractivity contribution in [3.05, 3.63) is 35.4 Å². The van der Waals surface area contributed by atoms with Crippen LogP contribution in [0.15, 0.2) is 24.3 Å². The van der Waals surface area contributed by atoms with E-state index in [1.165, 1.54) is 12.1 Å². The summed E-state index contributed by atoms with van der Waals surface area (Å²) in [6, 6.07) is 6.30. The van der Waals surface area contributed by atoms with Gasteiger partial charge in [-0.25, -0.2) is 0 Å². The van der Waals surface area contributed by atoms with Crippen molar-refractivity contribution in [2.24, 2.45) is 0 Å². The van der Waals surface area contributed by atoms with Crippen LogP contribution in [0.3, 0.4) is 0 Å². The van der Waals surface area contributed by atoms with Crippen molar-refractivity contribution in [3.63, 3.8) is 0 Å². The molecule has 0 spiro atoms. The van der Waals surface area contributed by atoms with Crippen molar-refractivity contribution < 1.29 is 22.5 Å². The Morgan fingerprint density at radius 3 is 1.76 bits per heavy atom. The molecule has 0 N–H and O–H groups in total. The number of halogens is 3. The van der Waals surface area contributed by atoms with E-state index in [0.717, 1.165) is 5.56 Å². The molecule has 116 valence electrons. The Hall–Kier alpha value is -1.01. The summed E-state index contributed by atoms with van der Waals surface area (Å²) in [5.41, 5.74) is -0.502. The molecule has 1 unspecified atom stereocenters. The first-order valence-corrected chi connectivity index (χ1v) is 6.93. The molecule has 0 aromatic heterocycles. The van der Waals surface area contributed by atoms with E-state index < -0.39 is 30.3 Å². The summed E-state index contributed by atoms with van der Waals surface area (Å²) in [4.78, 5) is 0. The van der Waals surface area contributed by atoms with Crippen LogP contribution in [0.5, 0.6) is 0 Å². The van der Waals surface area contributed by atoms with E-state index in [9.17, 15) is 13.2 Å². The minimum atomic E-state index is -4.43. The van der Waals surface area contributed by atoms with Crippen LogP contribution in [0, 0.1) is 6.92 Å². The molecule has 1 saturated heterocycles. The lowest BCUT2D eigenvalue weighted by molar-refractivity contribution is -0.138. The van der Waals surface area contributed by atoms with Gasteiger partial charge in [0.15, 0.2) is 0 Å². The maximum absolute atomic E-state index is 13.5. The van der Waals surface area contributed by atoms with Gasteiger partial charge in [-0.2, -0.15) is 13.2 Å². The SMILES string of the molecule is Cc1ccc(C(B2OC(C)(C)C(C)(C)O2)C(F)(F)F)cc1. The molecule has 0 radical (unpaired) electrons. The zero-order chi connectivity index (χ0) is 16.1. The third-order valence-electron chi connectivity index (χ3n) is 4.33. The third-order valence-corrected chi connectivity index (χ3v) is 4.33. The largest absolute Gasteiger partial charge is 0.475 e. The zero-order valence-electron chi connectivity index (χ0n) is 12.9. The Balaban J connectivity index is 2.38. The summed E-state index contributed by atoms with van der Waals surface area (Å²) in [6.45, 7) is 8.82. The first kappa shape index (κ1) is 16.4. The molecule has 1 aromatic rings. The van der Waals surface area contributed by atoms with Gasteiger partial charge in [-0.3, -0.25) is 0 Å². The van der Waals surface area contributed by atoms with Gasteiger partial charge in [0.05, 0.1) is 11.2 Å². The summed E-state index contributed by atoms with van der Waals surface area (Å²) in [6.07, 6.45) is -4.43. The molecule has 0 saturated carbocycles. The Morgan fingerprint density at radius 1 is 0.952 bits per heavy atom. The Bertz CT molecular complexity index is 493. The fourth-order valence-corrected chi connectivity index (χ4v) is 2.30. The van der Waals surface area contributed by atoms with Gasteiger partial charge in [0.25, 0.3) is 0 Å². The van der Waals surface area contributed by atoms with Crippen molar-refractivity contribution in [2.45, 2.75) is 57.8 Å². The zero-order valence-corrected chi connectivity index (χ0v) is 12.9. The maximum atomic E-state index is 13.5. The highest BCUT2D eigenvalue weighted by atomic mass is 19.4. The highest BCUT2D eigenvalue weighted by Crippen LogP contribution is 2.46. The molecule has 1 aliphatic heterocycles. The summed E-state index contributed by atoms with van der Waals surface area (Å²) in [7, 11) is -1.34. The minimum absolute atomic E-state index is 0.159. The van der Waals surface area contributed by atoms with Crippen LogP contribution in [0.2, 0.25) is 0 Å². The fourth-order valence-electron chi connectivity index (χ4n) is 2.30. The Kier molecular flexibility index (Phi) is 3.91. The van der Waals surface area contributed by atoms with E-state index in [1.54, 1.807) is 39.8 Å². The van der Waals surface area contributed by atoms with E-state index in [-0.39, 0.29) is 5.56 Å². The van der Waals surface area contributed by atoms with Crippen molar-refractivity contribution in [3.8, 4) is 0 Å². The lowest BCUT2D eigenvalue weighted by Gasteiger charge is -2.32. The highest BCUT2D eigenvalue weighted by Gasteiger charge is 2.60. The van der Waals surface area contributed by atoms with Crippen LogP contribution < -0.4 is 0 Å². The quantitative estimate of drug-likeness (QED) is 0.759. The van der Waals surface area contributed by atoms with E-state index in [0.29, 0.717) is 0 Å². The van der Waals surface area contributed by atoms with Gasteiger partial charge in [0.1, 0.15) is 5.82 Å². The predicted molar refractivity (Wildman–Crippen MR) is 76.1 cm³/mol. The van der Waals surface area contributed by atoms with Crippen LogP contribution >= 0.6 is 0 Å². The molecular weight excluding hydrogens is 280 g/mol. The van der Waals surface area contributed by atoms with Gasteiger partial charge in [-0.1, -0.05) is 29.8 Å². The molecule has 0 aliphatic carbocycles. The highest BCUT2D eigenvalue weighted by molar-refractivity contribution is 6.48. The van der Waals surface area contributed by atoms with Gasteiger partial charge < -0.3 is 9.31 Å². The third kappa shape index (κ3) is 3.11. The van der Waals surface area contributed by atoms with Crippen molar-refractivity contribution in [1.82, 2.24) is 0 Å². The molecule has 6 heteroatoms. The maximum Gasteiger partial charge on any atom is 0.475 e. The van der Waals surface area contributed by atoms with Gasteiger partial charge in [0.2, 0.25) is 0 Å². The van der Waals surface area contributed by atoms with E-state index in [2.05, 4.69) is 0 Å². The van der Waals surface area contributed by atoms with Crippen LogP contribution in [-0.4, -0.2) is 24.5 Å². The van der Waals surface area contributed by atoms with Gasteiger partial charge >= 0.3 is 13.3 Å². The minimum Gasteiger partial charge on any atom is -0.403 e. The number of rotatable bonds is 2. The predicted octanol–water partition coefficient (Wildman–Crippen LogP) is 4.27. The van der Waals surface area contributed by atoms with E-state index in [1.807, 2.05) is 6.92 Å². The number of alkyl halides is 3. The number of benzene rings is 1. The van der Waals surface area contributed by atoms with E-state index in [4.69, 9.17) is 9.31 Å². The summed E-state index contributed by atoms with van der Waals surface area (Å²) >= 11 is 0. The Labute approximate surface area is 123 Å². The molecule has 0 amide bonds. The van der Waals surface area contributed by atoms with Gasteiger partial charge in [-0.15, -0.1) is 0 Å². The molecule has 1 aromatic carbocycles. The monoisotopic (exact) mass is 300 g/mol. The second kappa shape index (κ2) is 5.02. The van der Waals surface area contributed by atoms with Gasteiger partial charge in [-0.05, 0) is 40.2 Å². The average molecular weight is 300 g/mol. The van der Waals surface area contributed by atoms with Crippen molar-refractivity contribution in [2.75, 3.05) is 0 Å². The smallest absolute Gasteiger partial charge is 0.403 e. The summed E-state index contributed by atoms with van der Waals surface area (Å²) in [5, 5.41) is 0. The Morgan fingerprint density at radius 2 is 1.38 bits per heavy atom. The van der Waals surface area contributed by atoms with Crippen LogP contribution in [0.1, 0.15) is 44.6 Å². The normalized spacial score (nSPS) is 22.4. The van der Waals surface area contributed by atoms with Crippen LogP contribution in [0.4, 0.5) is 13.2 Å².